The van der Waals surface area contributed by atoms with Crippen molar-refractivity contribution >= 4 is 0 Å². The van der Waals surface area contributed by atoms with Crippen LogP contribution in [-0.2, 0) is 0 Å². The third kappa shape index (κ3) is 1.46. The van der Waals surface area contributed by atoms with E-state index in [1.807, 2.05) is 6.07 Å². The SMILES string of the molecule is N#Cc1[nH]ncc1-c1nc(-c2ncc[nH]2)no1. The van der Waals surface area contributed by atoms with Crippen LogP contribution >= 0.6 is 0 Å². The van der Waals surface area contributed by atoms with Crippen molar-refractivity contribution in [3.8, 4) is 29.2 Å². The fraction of sp³-hybridized carbons (Fsp3) is 0. The lowest BCUT2D eigenvalue weighted by molar-refractivity contribution is 0.432. The molecule has 3 heterocycles. The van der Waals surface area contributed by atoms with E-state index in [1.165, 1.54) is 6.20 Å². The molecule has 0 aromatic carbocycles. The number of hydrogen-bond donors (Lipinski definition) is 2. The molecular weight excluding hydrogens is 222 g/mol. The molecule has 0 aliphatic heterocycles. The normalized spacial score (nSPS) is 10.3. The Morgan fingerprint density at radius 2 is 2.35 bits per heavy atom. The molecule has 82 valence electrons. The van der Waals surface area contributed by atoms with Crippen LogP contribution in [0.3, 0.4) is 0 Å². The number of H-pyrrole nitrogens is 2. The van der Waals surface area contributed by atoms with Gasteiger partial charge in [-0.05, 0) is 0 Å². The van der Waals surface area contributed by atoms with Gasteiger partial charge in [0, 0.05) is 12.4 Å². The van der Waals surface area contributed by atoms with Crippen molar-refractivity contribution in [3.63, 3.8) is 0 Å². The summed E-state index contributed by atoms with van der Waals surface area (Å²) < 4.78 is 5.04. The number of aromatic amines is 2. The molecule has 2 N–H and O–H groups in total. The largest absolute Gasteiger partial charge is 0.342 e. The van der Waals surface area contributed by atoms with Crippen molar-refractivity contribution in [1.82, 2.24) is 30.3 Å². The minimum Gasteiger partial charge on any atom is -0.342 e. The van der Waals surface area contributed by atoms with Gasteiger partial charge in [0.1, 0.15) is 11.8 Å². The predicted octanol–water partition coefficient (Wildman–Crippen LogP) is 0.721. The summed E-state index contributed by atoms with van der Waals surface area (Å²) in [4.78, 5) is 11.0. The average Bonchev–Trinajstić information content (AvgIpc) is 3.09. The number of nitrogens with zero attached hydrogens (tertiary/aromatic N) is 5. The minimum atomic E-state index is 0.224. The highest BCUT2D eigenvalue weighted by molar-refractivity contribution is 5.60. The van der Waals surface area contributed by atoms with Gasteiger partial charge in [-0.1, -0.05) is 5.16 Å². The summed E-state index contributed by atoms with van der Waals surface area (Å²) in [6.07, 6.45) is 4.70. The van der Waals surface area contributed by atoms with Gasteiger partial charge in [0.05, 0.1) is 11.8 Å². The third-order valence-electron chi connectivity index (χ3n) is 2.12. The van der Waals surface area contributed by atoms with E-state index in [9.17, 15) is 0 Å². The van der Waals surface area contributed by atoms with Gasteiger partial charge in [0.2, 0.25) is 5.82 Å². The van der Waals surface area contributed by atoms with E-state index in [2.05, 4.69) is 30.3 Å². The molecule has 0 amide bonds. The molecule has 3 aromatic rings. The second-order valence-corrected chi connectivity index (χ2v) is 3.13. The Balaban J connectivity index is 2.04. The van der Waals surface area contributed by atoms with Gasteiger partial charge < -0.3 is 9.51 Å². The number of aromatic nitrogens is 6. The van der Waals surface area contributed by atoms with Crippen LogP contribution in [0.4, 0.5) is 0 Å². The first-order chi connectivity index (χ1) is 8.38. The number of nitrogens with one attached hydrogen (secondary N) is 2. The lowest BCUT2D eigenvalue weighted by Crippen LogP contribution is -1.83. The molecule has 0 unspecified atom stereocenters. The van der Waals surface area contributed by atoms with Crippen molar-refractivity contribution in [2.24, 2.45) is 0 Å². The van der Waals surface area contributed by atoms with Gasteiger partial charge in [-0.15, -0.1) is 0 Å². The van der Waals surface area contributed by atoms with Crippen LogP contribution in [0.1, 0.15) is 5.69 Å². The first kappa shape index (κ1) is 9.29. The molecule has 3 rings (SSSR count). The molecule has 3 aromatic heterocycles. The molecule has 0 atom stereocenters. The van der Waals surface area contributed by atoms with Crippen LogP contribution in [0, 0.1) is 11.3 Å². The van der Waals surface area contributed by atoms with E-state index in [1.54, 1.807) is 12.4 Å². The second-order valence-electron chi connectivity index (χ2n) is 3.13. The standard InChI is InChI=1S/C9H5N7O/c10-3-6-5(4-13-15-6)9-14-8(16-17-9)7-11-1-2-12-7/h1-2,4H,(H,11,12)(H,13,15). The van der Waals surface area contributed by atoms with Crippen LogP contribution in [-0.4, -0.2) is 30.3 Å². The molecular formula is C9H5N7O. The Hall–Kier alpha value is -2.95. The Labute approximate surface area is 94.3 Å². The Morgan fingerprint density at radius 1 is 1.41 bits per heavy atom. The molecule has 0 fully saturated rings. The number of hydrogen-bond acceptors (Lipinski definition) is 6. The first-order valence-corrected chi connectivity index (χ1v) is 4.66. The Bertz CT molecular complexity index is 672. The fourth-order valence-corrected chi connectivity index (χ4v) is 1.35. The van der Waals surface area contributed by atoms with Crippen molar-refractivity contribution in [2.45, 2.75) is 0 Å². The molecule has 17 heavy (non-hydrogen) atoms. The summed E-state index contributed by atoms with van der Waals surface area (Å²) in [6.45, 7) is 0. The van der Waals surface area contributed by atoms with Crippen LogP contribution < -0.4 is 0 Å². The van der Waals surface area contributed by atoms with Gasteiger partial charge in [-0.2, -0.15) is 15.3 Å². The maximum absolute atomic E-state index is 8.83. The molecule has 0 saturated heterocycles. The Kier molecular flexibility index (Phi) is 1.95. The summed E-state index contributed by atoms with van der Waals surface area (Å²) in [7, 11) is 0. The predicted molar refractivity (Wildman–Crippen MR) is 54.2 cm³/mol. The molecule has 0 spiro atoms. The summed E-state index contributed by atoms with van der Waals surface area (Å²) in [5.74, 6) is 1.05. The molecule has 0 radical (unpaired) electrons. The van der Waals surface area contributed by atoms with Crippen LogP contribution in [0.5, 0.6) is 0 Å². The third-order valence-corrected chi connectivity index (χ3v) is 2.12. The highest BCUT2D eigenvalue weighted by Gasteiger charge is 2.16. The molecule has 8 nitrogen and oxygen atoms in total. The van der Waals surface area contributed by atoms with Crippen molar-refractivity contribution in [2.75, 3.05) is 0 Å². The lowest BCUT2D eigenvalue weighted by Gasteiger charge is -1.85. The number of imidazole rings is 1. The fourth-order valence-electron chi connectivity index (χ4n) is 1.35. The van der Waals surface area contributed by atoms with E-state index >= 15 is 0 Å². The number of nitriles is 1. The van der Waals surface area contributed by atoms with E-state index < -0.39 is 0 Å². The molecule has 0 aliphatic carbocycles. The second kappa shape index (κ2) is 3.57. The van der Waals surface area contributed by atoms with Gasteiger partial charge in [-0.25, -0.2) is 4.98 Å². The van der Waals surface area contributed by atoms with Gasteiger partial charge in [0.15, 0.2) is 5.82 Å². The maximum atomic E-state index is 8.83. The topological polar surface area (TPSA) is 120 Å². The number of rotatable bonds is 2. The van der Waals surface area contributed by atoms with Gasteiger partial charge >= 0.3 is 0 Å². The quantitative estimate of drug-likeness (QED) is 0.665. The van der Waals surface area contributed by atoms with E-state index in [0.717, 1.165) is 0 Å². The van der Waals surface area contributed by atoms with E-state index in [0.29, 0.717) is 17.2 Å². The van der Waals surface area contributed by atoms with Crippen LogP contribution in [0.25, 0.3) is 23.1 Å². The zero-order valence-electron chi connectivity index (χ0n) is 8.38. The Morgan fingerprint density at radius 3 is 3.12 bits per heavy atom. The molecule has 0 bridgehead atoms. The molecule has 8 heteroatoms. The highest BCUT2D eigenvalue weighted by Crippen LogP contribution is 2.21. The van der Waals surface area contributed by atoms with Gasteiger partial charge in [-0.3, -0.25) is 5.10 Å². The molecule has 0 aliphatic rings. The summed E-state index contributed by atoms with van der Waals surface area (Å²) in [6, 6.07) is 1.95. The lowest BCUT2D eigenvalue weighted by atomic mass is 10.2. The monoisotopic (exact) mass is 227 g/mol. The van der Waals surface area contributed by atoms with Crippen LogP contribution in [0.2, 0.25) is 0 Å². The van der Waals surface area contributed by atoms with Crippen LogP contribution in [0.15, 0.2) is 23.1 Å². The van der Waals surface area contributed by atoms with Crippen molar-refractivity contribution in [3.05, 3.63) is 24.3 Å². The minimum absolute atomic E-state index is 0.224. The molecule has 0 saturated carbocycles. The van der Waals surface area contributed by atoms with E-state index in [4.69, 9.17) is 9.78 Å². The smallest absolute Gasteiger partial charge is 0.262 e. The highest BCUT2D eigenvalue weighted by atomic mass is 16.5. The van der Waals surface area contributed by atoms with Crippen molar-refractivity contribution < 1.29 is 4.52 Å². The summed E-state index contributed by atoms with van der Waals surface area (Å²) in [5, 5.41) is 18.9. The zero-order valence-corrected chi connectivity index (χ0v) is 8.38. The average molecular weight is 227 g/mol. The van der Waals surface area contributed by atoms with E-state index in [-0.39, 0.29) is 11.6 Å². The maximum Gasteiger partial charge on any atom is 0.262 e. The summed E-state index contributed by atoms with van der Waals surface area (Å²) >= 11 is 0. The summed E-state index contributed by atoms with van der Waals surface area (Å²) in [5.41, 5.74) is 0.748. The van der Waals surface area contributed by atoms with Gasteiger partial charge in [0.25, 0.3) is 5.89 Å². The van der Waals surface area contributed by atoms with Crippen molar-refractivity contribution in [1.29, 1.82) is 5.26 Å². The first-order valence-electron chi connectivity index (χ1n) is 4.66. The zero-order chi connectivity index (χ0) is 11.7.